The second-order valence-electron chi connectivity index (χ2n) is 8.99. The molecule has 8 heteroatoms. The van der Waals surface area contributed by atoms with E-state index in [1.54, 1.807) is 19.1 Å². The monoisotopic (exact) mass is 520 g/mol. The van der Waals surface area contributed by atoms with Gasteiger partial charge in [-0.25, -0.2) is 17.6 Å². The fourth-order valence-corrected chi connectivity index (χ4v) is 4.66. The third kappa shape index (κ3) is 5.90. The van der Waals surface area contributed by atoms with Crippen LogP contribution in [0.5, 0.6) is 11.5 Å². The van der Waals surface area contributed by atoms with Crippen LogP contribution in [0.4, 0.5) is 22.0 Å². The molecule has 1 heterocycles. The molecular formula is C29H29F5O3. The Morgan fingerprint density at radius 2 is 1.49 bits per heavy atom. The van der Waals surface area contributed by atoms with Crippen LogP contribution in [0.1, 0.15) is 50.3 Å². The highest BCUT2D eigenvalue weighted by Crippen LogP contribution is 2.36. The highest BCUT2D eigenvalue weighted by atomic mass is 19.2. The Kier molecular flexibility index (Phi) is 8.69. The Morgan fingerprint density at radius 3 is 2.14 bits per heavy atom. The fourth-order valence-electron chi connectivity index (χ4n) is 4.66. The maximum atomic E-state index is 14.9. The van der Waals surface area contributed by atoms with Gasteiger partial charge in [0, 0.05) is 22.8 Å². The van der Waals surface area contributed by atoms with E-state index in [0.29, 0.717) is 37.4 Å². The zero-order valence-corrected chi connectivity index (χ0v) is 20.8. The van der Waals surface area contributed by atoms with Crippen LogP contribution in [0.3, 0.4) is 0 Å². The Labute approximate surface area is 213 Å². The van der Waals surface area contributed by atoms with Gasteiger partial charge in [-0.05, 0) is 75.3 Å². The maximum absolute atomic E-state index is 14.9. The first-order valence-electron chi connectivity index (χ1n) is 12.5. The number of hydrogen-bond acceptors (Lipinski definition) is 3. The van der Waals surface area contributed by atoms with Gasteiger partial charge in [0.05, 0.1) is 25.9 Å². The van der Waals surface area contributed by atoms with Crippen molar-refractivity contribution in [2.75, 3.05) is 19.8 Å². The van der Waals surface area contributed by atoms with Gasteiger partial charge in [0.2, 0.25) is 5.82 Å². The molecule has 4 rings (SSSR count). The lowest BCUT2D eigenvalue weighted by Gasteiger charge is -2.29. The summed E-state index contributed by atoms with van der Waals surface area (Å²) in [4.78, 5) is 0. The van der Waals surface area contributed by atoms with E-state index in [2.05, 4.69) is 0 Å². The Hall–Kier alpha value is -3.13. The van der Waals surface area contributed by atoms with Crippen molar-refractivity contribution >= 4 is 0 Å². The minimum absolute atomic E-state index is 0.0989. The molecular weight excluding hydrogens is 491 g/mol. The zero-order valence-electron chi connectivity index (χ0n) is 20.8. The van der Waals surface area contributed by atoms with Crippen molar-refractivity contribution < 1.29 is 36.2 Å². The summed E-state index contributed by atoms with van der Waals surface area (Å²) in [6.45, 7) is 4.41. The second kappa shape index (κ2) is 11.9. The van der Waals surface area contributed by atoms with Crippen LogP contribution in [0.15, 0.2) is 42.5 Å². The van der Waals surface area contributed by atoms with Gasteiger partial charge >= 0.3 is 0 Å². The minimum Gasteiger partial charge on any atom is -0.494 e. The van der Waals surface area contributed by atoms with E-state index in [1.165, 1.54) is 30.3 Å². The standard InChI is InChI=1S/C29H29F5O3/c1-3-35-19-9-11-22(23(30)15-19)24-13-6-17(16-37-24)5-7-18-8-10-20(27(32)26(18)31)21-12-14-25(36-4-2)29(34)28(21)33/h8-12,14-15,17,24H,3-7,13,16H2,1-2H3. The summed E-state index contributed by atoms with van der Waals surface area (Å²) in [6, 6.07) is 9.75. The first kappa shape index (κ1) is 26.9. The summed E-state index contributed by atoms with van der Waals surface area (Å²) >= 11 is 0. The molecule has 1 aliphatic rings. The van der Waals surface area contributed by atoms with Crippen LogP contribution in [-0.2, 0) is 11.2 Å². The Bertz CT molecular complexity index is 1240. The third-order valence-electron chi connectivity index (χ3n) is 6.62. The molecule has 0 radical (unpaired) electrons. The number of benzene rings is 3. The smallest absolute Gasteiger partial charge is 0.201 e. The number of hydrogen-bond donors (Lipinski definition) is 0. The average molecular weight is 521 g/mol. The highest BCUT2D eigenvalue weighted by Gasteiger charge is 2.26. The topological polar surface area (TPSA) is 27.7 Å². The summed E-state index contributed by atoms with van der Waals surface area (Å²) in [7, 11) is 0. The number of halogens is 5. The molecule has 0 bridgehead atoms. The molecule has 1 aliphatic heterocycles. The van der Waals surface area contributed by atoms with Crippen molar-refractivity contribution in [3.8, 4) is 22.6 Å². The van der Waals surface area contributed by atoms with E-state index in [1.807, 2.05) is 6.92 Å². The summed E-state index contributed by atoms with van der Waals surface area (Å²) < 4.78 is 89.1. The van der Waals surface area contributed by atoms with Crippen LogP contribution in [-0.4, -0.2) is 19.8 Å². The predicted molar refractivity (Wildman–Crippen MR) is 130 cm³/mol. The molecule has 0 amide bonds. The van der Waals surface area contributed by atoms with Gasteiger partial charge in [-0.15, -0.1) is 0 Å². The van der Waals surface area contributed by atoms with Crippen molar-refractivity contribution in [1.29, 1.82) is 0 Å². The molecule has 3 nitrogen and oxygen atoms in total. The molecule has 1 fully saturated rings. The predicted octanol–water partition coefficient (Wildman–Crippen LogP) is 7.95. The lowest BCUT2D eigenvalue weighted by Crippen LogP contribution is -2.22. The van der Waals surface area contributed by atoms with Crippen molar-refractivity contribution in [2.24, 2.45) is 5.92 Å². The summed E-state index contributed by atoms with van der Waals surface area (Å²) in [6.07, 6.45) is 1.77. The number of aryl methyl sites for hydroxylation is 1. The third-order valence-corrected chi connectivity index (χ3v) is 6.62. The van der Waals surface area contributed by atoms with Crippen LogP contribution < -0.4 is 9.47 Å². The summed E-state index contributed by atoms with van der Waals surface area (Å²) in [5, 5.41) is 0. The average Bonchev–Trinajstić information content (AvgIpc) is 2.89. The number of rotatable bonds is 9. The van der Waals surface area contributed by atoms with Crippen molar-refractivity contribution in [1.82, 2.24) is 0 Å². The molecule has 0 aromatic heterocycles. The second-order valence-corrected chi connectivity index (χ2v) is 8.99. The van der Waals surface area contributed by atoms with Crippen LogP contribution >= 0.6 is 0 Å². The van der Waals surface area contributed by atoms with Crippen LogP contribution in [0, 0.1) is 35.0 Å². The van der Waals surface area contributed by atoms with Gasteiger partial charge < -0.3 is 14.2 Å². The Morgan fingerprint density at radius 1 is 0.784 bits per heavy atom. The molecule has 198 valence electrons. The van der Waals surface area contributed by atoms with Gasteiger partial charge in [-0.1, -0.05) is 12.1 Å². The van der Waals surface area contributed by atoms with E-state index in [-0.39, 0.29) is 53.3 Å². The SMILES string of the molecule is CCOc1ccc(C2CCC(CCc3ccc(-c4ccc(OCC)c(F)c4F)c(F)c3F)CO2)c(F)c1. The Balaban J connectivity index is 1.38. The number of ether oxygens (including phenoxy) is 3. The van der Waals surface area contributed by atoms with Gasteiger partial charge in [-0.2, -0.15) is 4.39 Å². The molecule has 0 spiro atoms. The van der Waals surface area contributed by atoms with E-state index in [9.17, 15) is 22.0 Å². The van der Waals surface area contributed by atoms with Crippen LogP contribution in [0.2, 0.25) is 0 Å². The summed E-state index contributed by atoms with van der Waals surface area (Å²) in [5.74, 6) is -4.96. The van der Waals surface area contributed by atoms with Gasteiger partial charge in [-0.3, -0.25) is 0 Å². The largest absolute Gasteiger partial charge is 0.494 e. The lowest BCUT2D eigenvalue weighted by atomic mass is 9.89. The first-order chi connectivity index (χ1) is 17.8. The van der Waals surface area contributed by atoms with Gasteiger partial charge in [0.1, 0.15) is 11.6 Å². The van der Waals surface area contributed by atoms with Gasteiger partial charge in [0.15, 0.2) is 23.2 Å². The molecule has 0 N–H and O–H groups in total. The van der Waals surface area contributed by atoms with E-state index in [4.69, 9.17) is 14.2 Å². The first-order valence-corrected chi connectivity index (χ1v) is 12.5. The van der Waals surface area contributed by atoms with Crippen molar-refractivity contribution in [2.45, 2.75) is 45.6 Å². The van der Waals surface area contributed by atoms with Crippen LogP contribution in [0.25, 0.3) is 11.1 Å². The molecule has 37 heavy (non-hydrogen) atoms. The fraction of sp³-hybridized carbons (Fsp3) is 0.379. The quantitative estimate of drug-likeness (QED) is 0.268. The van der Waals surface area contributed by atoms with Crippen molar-refractivity contribution in [3.63, 3.8) is 0 Å². The minimum atomic E-state index is -1.30. The van der Waals surface area contributed by atoms with Gasteiger partial charge in [0.25, 0.3) is 0 Å². The summed E-state index contributed by atoms with van der Waals surface area (Å²) in [5.41, 5.74) is -0.115. The molecule has 3 aromatic rings. The molecule has 2 unspecified atom stereocenters. The zero-order chi connectivity index (χ0) is 26.5. The molecule has 2 atom stereocenters. The lowest BCUT2D eigenvalue weighted by molar-refractivity contribution is -0.0210. The maximum Gasteiger partial charge on any atom is 0.201 e. The highest BCUT2D eigenvalue weighted by molar-refractivity contribution is 5.66. The molecule has 3 aromatic carbocycles. The van der Waals surface area contributed by atoms with E-state index in [0.717, 1.165) is 6.42 Å². The molecule has 0 aliphatic carbocycles. The van der Waals surface area contributed by atoms with Crippen molar-refractivity contribution in [3.05, 3.63) is 82.7 Å². The molecule has 0 saturated carbocycles. The van der Waals surface area contributed by atoms with E-state index >= 15 is 0 Å². The van der Waals surface area contributed by atoms with E-state index < -0.39 is 23.3 Å². The molecule has 1 saturated heterocycles. The normalized spacial score (nSPS) is 17.6.